The van der Waals surface area contributed by atoms with Gasteiger partial charge in [-0.3, -0.25) is 4.79 Å². The number of hydrogen-bond acceptors (Lipinski definition) is 4. The number of benzene rings is 2. The van der Waals surface area contributed by atoms with Gasteiger partial charge in [0.15, 0.2) is 0 Å². The van der Waals surface area contributed by atoms with Gasteiger partial charge >= 0.3 is 5.97 Å². The molecule has 1 aliphatic rings. The zero-order chi connectivity index (χ0) is 16.8. The topological polar surface area (TPSA) is 38.8 Å². The van der Waals surface area contributed by atoms with Crippen LogP contribution in [0.5, 0.6) is 5.75 Å². The molecule has 5 heteroatoms. The van der Waals surface area contributed by atoms with E-state index in [1.807, 2.05) is 42.5 Å². The van der Waals surface area contributed by atoms with Gasteiger partial charge in [0.05, 0.1) is 19.6 Å². The summed E-state index contributed by atoms with van der Waals surface area (Å²) in [7, 11) is 0. The van der Waals surface area contributed by atoms with Gasteiger partial charge in [0.2, 0.25) is 0 Å². The van der Waals surface area contributed by atoms with Gasteiger partial charge in [-0.15, -0.1) is 0 Å². The fourth-order valence-corrected chi connectivity index (χ4v) is 2.86. The Hall–Kier alpha value is -2.24. The van der Waals surface area contributed by atoms with Crippen LogP contribution in [-0.2, 0) is 16.0 Å². The van der Waals surface area contributed by atoms with Crippen LogP contribution in [0.25, 0.3) is 0 Å². The molecule has 3 rings (SSSR count). The van der Waals surface area contributed by atoms with Crippen molar-refractivity contribution >= 4 is 23.2 Å². The van der Waals surface area contributed by atoms with Gasteiger partial charge in [-0.05, 0) is 29.8 Å². The predicted molar refractivity (Wildman–Crippen MR) is 96.3 cm³/mol. The quantitative estimate of drug-likeness (QED) is 0.486. The monoisotopic (exact) mass is 341 g/mol. The lowest BCUT2D eigenvalue weighted by molar-refractivity contribution is -0.133. The number of nitrogens with zero attached hydrogens (tertiary/aromatic N) is 1. The minimum Gasteiger partial charge on any atom is -0.426 e. The van der Waals surface area contributed by atoms with E-state index in [0.717, 1.165) is 29.2 Å². The van der Waals surface area contributed by atoms with Crippen LogP contribution in [-0.4, -0.2) is 42.2 Å². The second-order valence-corrected chi connectivity index (χ2v) is 5.95. The van der Waals surface area contributed by atoms with Gasteiger partial charge in [0.1, 0.15) is 10.7 Å². The summed E-state index contributed by atoms with van der Waals surface area (Å²) in [5.74, 6) is 0.258. The third kappa shape index (κ3) is 4.40. The van der Waals surface area contributed by atoms with Crippen molar-refractivity contribution in [2.24, 2.45) is 0 Å². The molecule has 1 heterocycles. The van der Waals surface area contributed by atoms with E-state index in [4.69, 9.17) is 21.7 Å². The van der Waals surface area contributed by atoms with Gasteiger partial charge in [0, 0.05) is 18.7 Å². The van der Waals surface area contributed by atoms with Crippen molar-refractivity contribution in [3.63, 3.8) is 0 Å². The summed E-state index contributed by atoms with van der Waals surface area (Å²) in [5, 5.41) is 0. The van der Waals surface area contributed by atoms with Gasteiger partial charge < -0.3 is 14.4 Å². The van der Waals surface area contributed by atoms with Crippen LogP contribution in [0.1, 0.15) is 11.1 Å². The minimum atomic E-state index is -0.273. The SMILES string of the molecule is O=C(Cc1ccccc1)Oc1ccc(C(=S)N2CCOCC2)cc1. The highest BCUT2D eigenvalue weighted by atomic mass is 32.1. The standard InChI is InChI=1S/C19H19NO3S/c21-18(14-15-4-2-1-3-5-15)23-17-8-6-16(7-9-17)19(24)20-10-12-22-13-11-20/h1-9H,10-14H2. The number of thiocarbonyl (C=S) groups is 1. The van der Waals surface area contributed by atoms with E-state index in [2.05, 4.69) is 4.90 Å². The van der Waals surface area contributed by atoms with E-state index >= 15 is 0 Å². The maximum Gasteiger partial charge on any atom is 0.315 e. The molecule has 24 heavy (non-hydrogen) atoms. The van der Waals surface area contributed by atoms with Crippen LogP contribution in [0, 0.1) is 0 Å². The van der Waals surface area contributed by atoms with Crippen molar-refractivity contribution in [2.45, 2.75) is 6.42 Å². The molecule has 0 N–H and O–H groups in total. The minimum absolute atomic E-state index is 0.259. The molecule has 0 saturated carbocycles. The number of carbonyl (C=O) groups excluding carboxylic acids is 1. The number of morpholine rings is 1. The molecule has 0 aromatic heterocycles. The fraction of sp³-hybridized carbons (Fsp3) is 0.263. The molecular formula is C19H19NO3S. The Balaban J connectivity index is 1.58. The van der Waals surface area contributed by atoms with E-state index < -0.39 is 0 Å². The van der Waals surface area contributed by atoms with Crippen molar-refractivity contribution in [1.29, 1.82) is 0 Å². The third-order valence-electron chi connectivity index (χ3n) is 3.82. The zero-order valence-corrected chi connectivity index (χ0v) is 14.1. The number of ether oxygens (including phenoxy) is 2. The summed E-state index contributed by atoms with van der Waals surface area (Å²) < 4.78 is 10.7. The summed E-state index contributed by atoms with van der Waals surface area (Å²) >= 11 is 5.52. The van der Waals surface area contributed by atoms with E-state index in [0.29, 0.717) is 19.0 Å². The highest BCUT2D eigenvalue weighted by molar-refractivity contribution is 7.80. The second kappa shape index (κ2) is 8.04. The molecule has 0 unspecified atom stereocenters. The Morgan fingerprint density at radius 1 is 1.04 bits per heavy atom. The number of hydrogen-bond donors (Lipinski definition) is 0. The summed E-state index contributed by atoms with van der Waals surface area (Å²) in [6, 6.07) is 16.9. The molecule has 0 aliphatic carbocycles. The average molecular weight is 341 g/mol. The first kappa shape index (κ1) is 16.6. The van der Waals surface area contributed by atoms with Crippen molar-refractivity contribution in [1.82, 2.24) is 4.90 Å². The van der Waals surface area contributed by atoms with E-state index in [-0.39, 0.29) is 12.4 Å². The van der Waals surface area contributed by atoms with Crippen molar-refractivity contribution in [3.8, 4) is 5.75 Å². The van der Waals surface area contributed by atoms with Crippen LogP contribution in [0.4, 0.5) is 0 Å². The first-order valence-corrected chi connectivity index (χ1v) is 8.35. The van der Waals surface area contributed by atoms with Gasteiger partial charge in [-0.1, -0.05) is 42.5 Å². The van der Waals surface area contributed by atoms with Crippen LogP contribution >= 0.6 is 12.2 Å². The molecule has 0 radical (unpaired) electrons. The van der Waals surface area contributed by atoms with Crippen molar-refractivity contribution < 1.29 is 14.3 Å². The van der Waals surface area contributed by atoms with Crippen LogP contribution in [0.3, 0.4) is 0 Å². The first-order valence-electron chi connectivity index (χ1n) is 7.94. The normalized spacial score (nSPS) is 14.2. The lowest BCUT2D eigenvalue weighted by Crippen LogP contribution is -2.40. The second-order valence-electron chi connectivity index (χ2n) is 5.57. The molecule has 124 valence electrons. The molecule has 2 aromatic rings. The molecule has 0 amide bonds. The number of esters is 1. The lowest BCUT2D eigenvalue weighted by atomic mass is 10.1. The van der Waals surface area contributed by atoms with Gasteiger partial charge in [0.25, 0.3) is 0 Å². The molecule has 0 bridgehead atoms. The summed E-state index contributed by atoms with van der Waals surface area (Å²) in [4.78, 5) is 14.9. The summed E-state index contributed by atoms with van der Waals surface area (Å²) in [5.41, 5.74) is 1.89. The van der Waals surface area contributed by atoms with Crippen LogP contribution < -0.4 is 4.74 Å². The molecule has 1 fully saturated rings. The number of carbonyl (C=O) groups is 1. The Labute approximate surface area is 147 Å². The average Bonchev–Trinajstić information content (AvgIpc) is 2.63. The van der Waals surface area contributed by atoms with Crippen LogP contribution in [0.2, 0.25) is 0 Å². The number of rotatable bonds is 4. The fourth-order valence-electron chi connectivity index (χ4n) is 2.54. The van der Waals surface area contributed by atoms with Crippen molar-refractivity contribution in [3.05, 3.63) is 65.7 Å². The Morgan fingerprint density at radius 2 is 1.71 bits per heavy atom. The molecule has 1 aliphatic heterocycles. The largest absolute Gasteiger partial charge is 0.426 e. The molecule has 1 saturated heterocycles. The third-order valence-corrected chi connectivity index (χ3v) is 4.32. The smallest absolute Gasteiger partial charge is 0.315 e. The zero-order valence-electron chi connectivity index (χ0n) is 13.3. The Kier molecular flexibility index (Phi) is 5.56. The van der Waals surface area contributed by atoms with Gasteiger partial charge in [-0.2, -0.15) is 0 Å². The molecule has 0 spiro atoms. The highest BCUT2D eigenvalue weighted by Gasteiger charge is 2.15. The lowest BCUT2D eigenvalue weighted by Gasteiger charge is -2.29. The first-order chi connectivity index (χ1) is 11.7. The predicted octanol–water partition coefficient (Wildman–Crippen LogP) is 2.84. The van der Waals surface area contributed by atoms with Crippen molar-refractivity contribution in [2.75, 3.05) is 26.3 Å². The van der Waals surface area contributed by atoms with E-state index in [1.165, 1.54) is 0 Å². The van der Waals surface area contributed by atoms with Gasteiger partial charge in [-0.25, -0.2) is 0 Å². The van der Waals surface area contributed by atoms with E-state index in [1.54, 1.807) is 12.1 Å². The molecule has 0 atom stereocenters. The Bertz CT molecular complexity index is 694. The molecular weight excluding hydrogens is 322 g/mol. The van der Waals surface area contributed by atoms with Crippen LogP contribution in [0.15, 0.2) is 54.6 Å². The van der Waals surface area contributed by atoms with E-state index in [9.17, 15) is 4.79 Å². The Morgan fingerprint density at radius 3 is 2.38 bits per heavy atom. The maximum absolute atomic E-state index is 12.0. The molecule has 2 aromatic carbocycles. The summed E-state index contributed by atoms with van der Waals surface area (Å²) in [6.45, 7) is 3.03. The highest BCUT2D eigenvalue weighted by Crippen LogP contribution is 2.16. The molecule has 4 nitrogen and oxygen atoms in total. The summed E-state index contributed by atoms with van der Waals surface area (Å²) in [6.07, 6.45) is 0.259. The maximum atomic E-state index is 12.0.